The summed E-state index contributed by atoms with van der Waals surface area (Å²) in [6.45, 7) is 8.63. The van der Waals surface area contributed by atoms with Crippen LogP contribution in [0.25, 0.3) is 11.1 Å². The van der Waals surface area contributed by atoms with Crippen molar-refractivity contribution >= 4 is 34.0 Å². The van der Waals surface area contributed by atoms with Crippen molar-refractivity contribution in [3.63, 3.8) is 0 Å². The molecule has 1 heterocycles. The molecule has 26 heavy (non-hydrogen) atoms. The molecule has 2 aliphatic rings. The Morgan fingerprint density at radius 2 is 1.88 bits per heavy atom. The van der Waals surface area contributed by atoms with E-state index in [9.17, 15) is 0 Å². The van der Waals surface area contributed by atoms with Crippen LogP contribution in [0, 0.1) is 5.92 Å². The van der Waals surface area contributed by atoms with Gasteiger partial charge in [0.25, 0.3) is 0 Å². The first kappa shape index (κ1) is 18.5. The standard InChI is InChI=1S/C22H25OPS2/c1-16(2)18-13-14-22(3)21(15-18)26-24(25,23-22)20-12-8-7-11-19(20)17-9-5-4-6-10-17/h4-12,18,21H,1,13-15H2,2-3H3/t18-,21+,22+,24+/m1/s1. The van der Waals surface area contributed by atoms with Gasteiger partial charge >= 0.3 is 0 Å². The van der Waals surface area contributed by atoms with Gasteiger partial charge < -0.3 is 4.52 Å². The van der Waals surface area contributed by atoms with Gasteiger partial charge in [0, 0.05) is 10.6 Å². The molecule has 4 rings (SSSR count). The molecule has 0 amide bonds. The molecule has 1 nitrogen and oxygen atoms in total. The molecular formula is C22H25OPS2. The molecular weight excluding hydrogens is 375 g/mol. The van der Waals surface area contributed by atoms with Gasteiger partial charge in [0.05, 0.1) is 5.60 Å². The van der Waals surface area contributed by atoms with Crippen LogP contribution in [0.5, 0.6) is 0 Å². The smallest absolute Gasteiger partial charge is 0.150 e. The van der Waals surface area contributed by atoms with E-state index in [1.54, 1.807) is 0 Å². The van der Waals surface area contributed by atoms with Crippen LogP contribution >= 0.6 is 16.8 Å². The van der Waals surface area contributed by atoms with Gasteiger partial charge in [-0.1, -0.05) is 89.9 Å². The minimum Gasteiger partial charge on any atom is -0.330 e. The minimum atomic E-state index is -2.13. The van der Waals surface area contributed by atoms with E-state index in [1.165, 1.54) is 28.4 Å². The molecule has 2 aromatic rings. The third-order valence-corrected chi connectivity index (χ3v) is 12.6. The molecule has 0 radical (unpaired) electrons. The third-order valence-electron chi connectivity index (χ3n) is 5.74. The second-order valence-corrected chi connectivity index (χ2v) is 14.5. The predicted molar refractivity (Wildman–Crippen MR) is 119 cm³/mol. The van der Waals surface area contributed by atoms with Crippen LogP contribution in [-0.4, -0.2) is 10.9 Å². The largest absolute Gasteiger partial charge is 0.330 e. The second-order valence-electron chi connectivity index (χ2n) is 7.70. The lowest BCUT2D eigenvalue weighted by Crippen LogP contribution is -2.40. The highest BCUT2D eigenvalue weighted by atomic mass is 32.9. The van der Waals surface area contributed by atoms with Crippen LogP contribution in [0.1, 0.15) is 33.1 Å². The summed E-state index contributed by atoms with van der Waals surface area (Å²) < 4.78 is 6.78. The summed E-state index contributed by atoms with van der Waals surface area (Å²) >= 11 is 8.18. The van der Waals surface area contributed by atoms with E-state index in [-0.39, 0.29) is 5.60 Å². The number of benzene rings is 2. The van der Waals surface area contributed by atoms with Crippen LogP contribution < -0.4 is 5.30 Å². The molecule has 1 aliphatic carbocycles. The van der Waals surface area contributed by atoms with Gasteiger partial charge in [-0.3, -0.25) is 0 Å². The van der Waals surface area contributed by atoms with E-state index in [1.807, 2.05) is 11.4 Å². The Bertz CT molecular complexity index is 879. The van der Waals surface area contributed by atoms with E-state index in [0.29, 0.717) is 11.2 Å². The molecule has 1 saturated heterocycles. The molecule has 0 bridgehead atoms. The van der Waals surface area contributed by atoms with Crippen LogP contribution in [0.15, 0.2) is 66.7 Å². The first-order valence-electron chi connectivity index (χ1n) is 9.21. The van der Waals surface area contributed by atoms with E-state index in [4.69, 9.17) is 16.3 Å². The molecule has 0 N–H and O–H groups in total. The summed E-state index contributed by atoms with van der Waals surface area (Å²) in [4.78, 5) is 0. The lowest BCUT2D eigenvalue weighted by atomic mass is 9.77. The average molecular weight is 401 g/mol. The van der Waals surface area contributed by atoms with Crippen molar-refractivity contribution in [3.05, 3.63) is 66.7 Å². The normalized spacial score (nSPS) is 33.6. The van der Waals surface area contributed by atoms with Crippen molar-refractivity contribution in [2.24, 2.45) is 5.92 Å². The number of allylic oxidation sites excluding steroid dienone is 1. The third kappa shape index (κ3) is 3.24. The monoisotopic (exact) mass is 400 g/mol. The molecule has 2 aromatic carbocycles. The summed E-state index contributed by atoms with van der Waals surface area (Å²) in [5.41, 5.74) is 1.51. The van der Waals surface area contributed by atoms with E-state index in [0.717, 1.165) is 12.8 Å². The van der Waals surface area contributed by atoms with Crippen LogP contribution in [0.3, 0.4) is 0 Å². The lowest BCUT2D eigenvalue weighted by Gasteiger charge is -2.38. The van der Waals surface area contributed by atoms with Crippen molar-refractivity contribution in [1.82, 2.24) is 0 Å². The molecule has 136 valence electrons. The van der Waals surface area contributed by atoms with Crippen LogP contribution in [-0.2, 0) is 16.3 Å². The van der Waals surface area contributed by atoms with Gasteiger partial charge in [-0.2, -0.15) is 0 Å². The predicted octanol–water partition coefficient (Wildman–Crippen LogP) is 6.56. The Hall–Kier alpha value is -0.860. The van der Waals surface area contributed by atoms with Crippen molar-refractivity contribution < 1.29 is 4.52 Å². The van der Waals surface area contributed by atoms with Gasteiger partial charge in [-0.15, -0.1) is 0 Å². The molecule has 0 unspecified atom stereocenters. The maximum atomic E-state index is 6.78. The fourth-order valence-corrected chi connectivity index (χ4v) is 12.3. The highest BCUT2D eigenvalue weighted by molar-refractivity contribution is 8.72. The van der Waals surface area contributed by atoms with Crippen molar-refractivity contribution in [2.75, 3.05) is 0 Å². The van der Waals surface area contributed by atoms with E-state index in [2.05, 4.69) is 75.0 Å². The summed E-state index contributed by atoms with van der Waals surface area (Å²) in [5.74, 6) is 0.607. The molecule has 4 atom stereocenters. The highest BCUT2D eigenvalue weighted by Gasteiger charge is 2.53. The Kier molecular flexibility index (Phi) is 4.94. The molecule has 1 aliphatic heterocycles. The van der Waals surface area contributed by atoms with Gasteiger partial charge in [-0.25, -0.2) is 0 Å². The Balaban J connectivity index is 1.72. The Morgan fingerprint density at radius 1 is 1.19 bits per heavy atom. The molecule has 2 fully saturated rings. The quantitative estimate of drug-likeness (QED) is 0.427. The van der Waals surface area contributed by atoms with Gasteiger partial charge in [0.2, 0.25) is 0 Å². The molecule has 1 saturated carbocycles. The van der Waals surface area contributed by atoms with Crippen LogP contribution in [0.4, 0.5) is 0 Å². The first-order chi connectivity index (χ1) is 12.4. The summed E-state index contributed by atoms with van der Waals surface area (Å²) in [5, 5.41) is 1.68. The van der Waals surface area contributed by atoms with Crippen LogP contribution in [0.2, 0.25) is 0 Å². The van der Waals surface area contributed by atoms with E-state index >= 15 is 0 Å². The van der Waals surface area contributed by atoms with Gasteiger partial charge in [-0.05, 0) is 50.2 Å². The Morgan fingerprint density at radius 3 is 2.62 bits per heavy atom. The van der Waals surface area contributed by atoms with Gasteiger partial charge in [0.1, 0.15) is 5.47 Å². The zero-order valence-electron chi connectivity index (χ0n) is 15.4. The zero-order chi connectivity index (χ0) is 18.4. The maximum Gasteiger partial charge on any atom is 0.150 e. The first-order valence-corrected chi connectivity index (χ1v) is 13.4. The van der Waals surface area contributed by atoms with Crippen molar-refractivity contribution in [3.8, 4) is 11.1 Å². The summed E-state index contributed by atoms with van der Waals surface area (Å²) in [6, 6.07) is 19.1. The number of fused-ring (bicyclic) bond motifs is 1. The molecule has 0 aromatic heterocycles. The Labute approximate surface area is 166 Å². The topological polar surface area (TPSA) is 9.23 Å². The number of rotatable bonds is 3. The van der Waals surface area contributed by atoms with Crippen molar-refractivity contribution in [1.29, 1.82) is 0 Å². The van der Waals surface area contributed by atoms with Gasteiger partial charge in [0.15, 0.2) is 0 Å². The van der Waals surface area contributed by atoms with Crippen molar-refractivity contribution in [2.45, 2.75) is 44.0 Å². The van der Waals surface area contributed by atoms with E-state index < -0.39 is 5.47 Å². The lowest BCUT2D eigenvalue weighted by molar-refractivity contribution is 0.0685. The average Bonchev–Trinajstić information content (AvgIpc) is 2.93. The maximum absolute atomic E-state index is 6.78. The highest BCUT2D eigenvalue weighted by Crippen LogP contribution is 2.74. The second kappa shape index (κ2) is 6.95. The number of hydrogen-bond donors (Lipinski definition) is 0. The summed E-state index contributed by atoms with van der Waals surface area (Å²) in [7, 11) is 0. The molecule has 0 spiro atoms. The fraction of sp³-hybridized carbons (Fsp3) is 0.364. The molecule has 4 heteroatoms. The summed E-state index contributed by atoms with van der Waals surface area (Å²) in [6.07, 6.45) is 3.38. The fourth-order valence-electron chi connectivity index (χ4n) is 4.10. The minimum absolute atomic E-state index is 0.101. The number of hydrogen-bond acceptors (Lipinski definition) is 3. The zero-order valence-corrected chi connectivity index (χ0v) is 17.9. The SMILES string of the molecule is C=C(C)[C@@H]1CC[C@]2(C)O[P@](=S)(c3ccccc3-c3ccccc3)S[C@H]2C1.